The minimum Gasteiger partial charge on any atom is -0.383 e. The van der Waals surface area contributed by atoms with E-state index in [2.05, 4.69) is 86.6 Å². The van der Waals surface area contributed by atoms with Gasteiger partial charge in [-0.05, 0) is 54.1 Å². The van der Waals surface area contributed by atoms with Crippen molar-refractivity contribution < 1.29 is 0 Å². The molecule has 0 radical (unpaired) electrons. The Bertz CT molecular complexity index is 1250. The first-order chi connectivity index (χ1) is 15.1. The standard InChI is InChI=1S/C28H26N2S/c1-20-9-8-13-25(19-26-12-6-7-14-27(26)31-20)23-17-15-22(16-18-23)21(2)30-28(29)24-10-4-3-5-11-24/h3-19,21H,1-2H3,(H2,29,30). The highest BCUT2D eigenvalue weighted by Crippen LogP contribution is 2.26. The molecular weight excluding hydrogens is 396 g/mol. The molecule has 31 heavy (non-hydrogen) atoms. The number of hydrogen-bond donors (Lipinski definition) is 1. The van der Waals surface area contributed by atoms with Crippen molar-refractivity contribution in [3.8, 4) is 11.1 Å². The molecule has 1 aromatic heterocycles. The molecule has 0 fully saturated rings. The number of rotatable bonds is 4. The quantitative estimate of drug-likeness (QED) is 0.269. The highest BCUT2D eigenvalue weighted by Gasteiger charge is 2.06. The van der Waals surface area contributed by atoms with Gasteiger partial charge in [-0.3, -0.25) is 4.99 Å². The van der Waals surface area contributed by atoms with Crippen LogP contribution >= 0.6 is 11.3 Å². The summed E-state index contributed by atoms with van der Waals surface area (Å²) in [6, 6.07) is 35.8. The van der Waals surface area contributed by atoms with Gasteiger partial charge in [-0.25, -0.2) is 0 Å². The lowest BCUT2D eigenvalue weighted by Crippen LogP contribution is -2.14. The first-order valence-corrected chi connectivity index (χ1v) is 11.2. The monoisotopic (exact) mass is 422 g/mol. The lowest BCUT2D eigenvalue weighted by Gasteiger charge is -2.10. The summed E-state index contributed by atoms with van der Waals surface area (Å²) in [7, 11) is 0. The first-order valence-electron chi connectivity index (χ1n) is 10.4. The zero-order valence-corrected chi connectivity index (χ0v) is 18.6. The van der Waals surface area contributed by atoms with Gasteiger partial charge in [0.05, 0.1) is 6.04 Å². The minimum atomic E-state index is -0.0120. The Labute approximate surface area is 188 Å². The van der Waals surface area contributed by atoms with E-state index in [4.69, 9.17) is 10.7 Å². The topological polar surface area (TPSA) is 38.4 Å². The lowest BCUT2D eigenvalue weighted by atomic mass is 10.0. The van der Waals surface area contributed by atoms with E-state index in [0.717, 1.165) is 11.1 Å². The van der Waals surface area contributed by atoms with Crippen LogP contribution in [0.3, 0.4) is 0 Å². The van der Waals surface area contributed by atoms with E-state index in [1.54, 1.807) is 11.3 Å². The van der Waals surface area contributed by atoms with Crippen LogP contribution in [0.5, 0.6) is 0 Å². The second kappa shape index (κ2) is 9.59. The Morgan fingerprint density at radius 3 is 2.26 bits per heavy atom. The molecule has 3 aromatic carbocycles. The molecule has 154 valence electrons. The molecular formula is C28H26N2S. The second-order valence-corrected chi connectivity index (χ2v) is 8.84. The van der Waals surface area contributed by atoms with Crippen LogP contribution in [0.2, 0.25) is 0 Å². The maximum atomic E-state index is 6.21. The number of nitrogens with zero attached hydrogens (tertiary/aromatic N) is 1. The molecule has 0 saturated carbocycles. The van der Waals surface area contributed by atoms with Crippen LogP contribution in [-0.4, -0.2) is 5.84 Å². The third-order valence-electron chi connectivity index (χ3n) is 5.24. The Morgan fingerprint density at radius 2 is 1.48 bits per heavy atom. The molecule has 3 heteroatoms. The van der Waals surface area contributed by atoms with Gasteiger partial charge in [-0.2, -0.15) is 0 Å². The summed E-state index contributed by atoms with van der Waals surface area (Å²) in [6.07, 6.45) is 0. The van der Waals surface area contributed by atoms with Crippen LogP contribution in [0.25, 0.3) is 21.2 Å². The fraction of sp³-hybridized carbons (Fsp3) is 0.107. The summed E-state index contributed by atoms with van der Waals surface area (Å²) in [4.78, 5) is 5.97. The van der Waals surface area contributed by atoms with Crippen molar-refractivity contribution in [2.75, 3.05) is 0 Å². The van der Waals surface area contributed by atoms with Gasteiger partial charge >= 0.3 is 0 Å². The van der Waals surface area contributed by atoms with Crippen molar-refractivity contribution in [2.24, 2.45) is 10.7 Å². The normalized spacial score (nSPS) is 12.4. The van der Waals surface area contributed by atoms with E-state index in [0.29, 0.717) is 5.84 Å². The van der Waals surface area contributed by atoms with Gasteiger partial charge in [-0.15, -0.1) is 11.3 Å². The number of nitrogens with two attached hydrogens (primary N) is 1. The predicted octanol–water partition coefficient (Wildman–Crippen LogP) is 7.47. The molecule has 0 aliphatic rings. The number of amidine groups is 1. The second-order valence-electron chi connectivity index (χ2n) is 7.55. The zero-order chi connectivity index (χ0) is 21.6. The SMILES string of the molecule is Cc1cccc(-c2ccc(C(C)N=C(N)c3ccccc3)cc2)cc2ccccc2s1. The fourth-order valence-corrected chi connectivity index (χ4v) is 4.39. The van der Waals surface area contributed by atoms with Crippen LogP contribution in [0.15, 0.2) is 108 Å². The summed E-state index contributed by atoms with van der Waals surface area (Å²) in [5.41, 5.74) is 10.7. The average molecular weight is 423 g/mol. The molecule has 0 saturated heterocycles. The van der Waals surface area contributed by atoms with Gasteiger partial charge in [0.25, 0.3) is 0 Å². The van der Waals surface area contributed by atoms with E-state index in [1.165, 1.54) is 26.1 Å². The molecule has 0 amide bonds. The summed E-state index contributed by atoms with van der Waals surface area (Å²) < 4.78 is 1.27. The van der Waals surface area contributed by atoms with Gasteiger partial charge in [0.2, 0.25) is 0 Å². The molecule has 1 atom stereocenters. The fourth-order valence-electron chi connectivity index (χ4n) is 3.50. The van der Waals surface area contributed by atoms with Crippen LogP contribution in [-0.2, 0) is 0 Å². The van der Waals surface area contributed by atoms with Crippen molar-refractivity contribution in [2.45, 2.75) is 19.9 Å². The van der Waals surface area contributed by atoms with Crippen LogP contribution in [0.4, 0.5) is 0 Å². The third-order valence-corrected chi connectivity index (χ3v) is 6.29. The van der Waals surface area contributed by atoms with Gasteiger partial charge in [0, 0.05) is 15.1 Å². The Balaban J connectivity index is 1.67. The number of benzene rings is 3. The number of hydrogen-bond acceptors (Lipinski definition) is 2. The number of aryl methyl sites for hydroxylation is 1. The smallest absolute Gasteiger partial charge is 0.126 e. The summed E-state index contributed by atoms with van der Waals surface area (Å²) >= 11 is 1.81. The highest BCUT2D eigenvalue weighted by molar-refractivity contribution is 7.18. The third kappa shape index (κ3) is 5.19. The lowest BCUT2D eigenvalue weighted by molar-refractivity contribution is 0.818. The van der Waals surface area contributed by atoms with E-state index < -0.39 is 0 Å². The Hall–Kier alpha value is -3.43. The molecule has 0 aliphatic carbocycles. The first kappa shape index (κ1) is 20.8. The van der Waals surface area contributed by atoms with Crippen molar-refractivity contribution in [3.63, 3.8) is 0 Å². The Kier molecular flexibility index (Phi) is 6.44. The van der Waals surface area contributed by atoms with Gasteiger partial charge in [0.1, 0.15) is 5.84 Å². The van der Waals surface area contributed by atoms with E-state index in [1.807, 2.05) is 30.3 Å². The van der Waals surface area contributed by atoms with E-state index >= 15 is 0 Å². The molecule has 2 N–H and O–H groups in total. The van der Waals surface area contributed by atoms with Crippen molar-refractivity contribution in [1.82, 2.24) is 0 Å². The van der Waals surface area contributed by atoms with Crippen LogP contribution in [0, 0.1) is 6.92 Å². The minimum absolute atomic E-state index is 0.0120. The van der Waals surface area contributed by atoms with E-state index in [-0.39, 0.29) is 6.04 Å². The molecule has 1 unspecified atom stereocenters. The molecule has 0 aliphatic heterocycles. The summed E-state index contributed by atoms with van der Waals surface area (Å²) in [5.74, 6) is 0.565. The molecule has 2 nitrogen and oxygen atoms in total. The molecule has 0 spiro atoms. The summed E-state index contributed by atoms with van der Waals surface area (Å²) in [5, 5.41) is 1.24. The van der Waals surface area contributed by atoms with Gasteiger partial charge in [-0.1, -0.05) is 84.9 Å². The van der Waals surface area contributed by atoms with Crippen molar-refractivity contribution >= 4 is 27.3 Å². The van der Waals surface area contributed by atoms with Crippen LogP contribution in [0.1, 0.15) is 29.0 Å². The zero-order valence-electron chi connectivity index (χ0n) is 17.8. The van der Waals surface area contributed by atoms with Crippen LogP contribution < -0.4 is 5.73 Å². The number of aliphatic imine (C=N–C) groups is 1. The van der Waals surface area contributed by atoms with Crippen molar-refractivity contribution in [1.29, 1.82) is 0 Å². The molecule has 4 rings (SSSR count). The molecule has 4 aromatic rings. The predicted molar refractivity (Wildman–Crippen MR) is 135 cm³/mol. The summed E-state index contributed by atoms with van der Waals surface area (Å²) in [6.45, 7) is 4.22. The maximum Gasteiger partial charge on any atom is 0.126 e. The Morgan fingerprint density at radius 1 is 0.774 bits per heavy atom. The van der Waals surface area contributed by atoms with Gasteiger partial charge in [0.15, 0.2) is 0 Å². The average Bonchev–Trinajstić information content (AvgIpc) is 2.88. The molecule has 1 heterocycles. The molecule has 0 bridgehead atoms. The largest absolute Gasteiger partial charge is 0.383 e. The van der Waals surface area contributed by atoms with E-state index in [9.17, 15) is 0 Å². The number of fused-ring (bicyclic) bond motifs is 1. The van der Waals surface area contributed by atoms with Crippen molar-refractivity contribution in [3.05, 3.63) is 119 Å². The van der Waals surface area contributed by atoms with Gasteiger partial charge < -0.3 is 5.73 Å². The maximum absolute atomic E-state index is 6.21. The highest BCUT2D eigenvalue weighted by atomic mass is 32.1.